The molecule has 0 unspecified atom stereocenters. The van der Waals surface area contributed by atoms with E-state index in [2.05, 4.69) is 5.32 Å². The minimum atomic E-state index is -1.04. The first-order valence-corrected chi connectivity index (χ1v) is 7.33. The lowest BCUT2D eigenvalue weighted by atomic mass is 10.2. The quantitative estimate of drug-likeness (QED) is 0.788. The average Bonchev–Trinajstić information content (AvgIpc) is 2.28. The van der Waals surface area contributed by atoms with Crippen LogP contribution in [0.5, 0.6) is 0 Å². The largest absolute Gasteiger partial charge is 0.478 e. The van der Waals surface area contributed by atoms with Crippen LogP contribution in [0.15, 0.2) is 18.2 Å². The number of rotatable bonds is 5. The van der Waals surface area contributed by atoms with Crippen molar-refractivity contribution in [1.29, 1.82) is 0 Å². The second-order valence-electron chi connectivity index (χ2n) is 3.29. The fourth-order valence-corrected chi connectivity index (χ4v) is 2.09. The zero-order valence-electron chi connectivity index (χ0n) is 9.20. The number of anilines is 1. The molecule has 1 rings (SSSR count). The fourth-order valence-electron chi connectivity index (χ4n) is 1.21. The SMILES string of the molecule is CSCCC(=O)Nc1ccc(I)cc1C(=O)O. The first-order valence-electron chi connectivity index (χ1n) is 4.86. The zero-order chi connectivity index (χ0) is 12.8. The lowest BCUT2D eigenvalue weighted by Gasteiger charge is -2.08. The third-order valence-corrected chi connectivity index (χ3v) is 3.30. The number of benzene rings is 1. The van der Waals surface area contributed by atoms with Gasteiger partial charge in [-0.15, -0.1) is 0 Å². The van der Waals surface area contributed by atoms with E-state index in [1.165, 1.54) is 6.07 Å². The van der Waals surface area contributed by atoms with Gasteiger partial charge in [-0.2, -0.15) is 11.8 Å². The number of aromatic carboxylic acids is 1. The predicted octanol–water partition coefficient (Wildman–Crippen LogP) is 2.68. The molecule has 1 amide bonds. The summed E-state index contributed by atoms with van der Waals surface area (Å²) in [7, 11) is 0. The van der Waals surface area contributed by atoms with Crippen molar-refractivity contribution in [3.63, 3.8) is 0 Å². The van der Waals surface area contributed by atoms with Crippen molar-refractivity contribution in [1.82, 2.24) is 0 Å². The number of carbonyl (C=O) groups excluding carboxylic acids is 1. The van der Waals surface area contributed by atoms with Crippen LogP contribution >= 0.6 is 34.4 Å². The van der Waals surface area contributed by atoms with Gasteiger partial charge in [-0.25, -0.2) is 4.79 Å². The van der Waals surface area contributed by atoms with E-state index in [1.54, 1.807) is 23.9 Å². The van der Waals surface area contributed by atoms with Gasteiger partial charge in [0.25, 0.3) is 0 Å². The Balaban J connectivity index is 2.83. The highest BCUT2D eigenvalue weighted by Crippen LogP contribution is 2.19. The number of amides is 1. The molecule has 0 saturated heterocycles. The molecule has 0 aliphatic carbocycles. The van der Waals surface area contributed by atoms with Gasteiger partial charge < -0.3 is 10.4 Å². The lowest BCUT2D eigenvalue weighted by Crippen LogP contribution is -2.15. The molecule has 2 N–H and O–H groups in total. The standard InChI is InChI=1S/C11H12INO3S/c1-17-5-4-10(14)13-9-3-2-7(12)6-8(9)11(15)16/h2-3,6H,4-5H2,1H3,(H,13,14)(H,15,16). The number of carboxylic acids is 1. The molecule has 0 heterocycles. The Bertz CT molecular complexity index is 437. The van der Waals surface area contributed by atoms with Crippen LogP contribution in [0.3, 0.4) is 0 Å². The summed E-state index contributed by atoms with van der Waals surface area (Å²) in [5.41, 5.74) is 0.471. The van der Waals surface area contributed by atoms with Gasteiger partial charge in [0.1, 0.15) is 0 Å². The minimum absolute atomic E-state index is 0.120. The molecule has 0 bridgehead atoms. The van der Waals surface area contributed by atoms with Crippen LogP contribution in [-0.2, 0) is 4.79 Å². The van der Waals surface area contributed by atoms with E-state index in [4.69, 9.17) is 5.11 Å². The van der Waals surface area contributed by atoms with Gasteiger partial charge in [0.15, 0.2) is 0 Å². The van der Waals surface area contributed by atoms with Crippen LogP contribution in [-0.4, -0.2) is 29.0 Å². The highest BCUT2D eigenvalue weighted by molar-refractivity contribution is 14.1. The maximum absolute atomic E-state index is 11.5. The van der Waals surface area contributed by atoms with E-state index in [9.17, 15) is 9.59 Å². The summed E-state index contributed by atoms with van der Waals surface area (Å²) in [4.78, 5) is 22.5. The van der Waals surface area contributed by atoms with E-state index >= 15 is 0 Å². The Hall–Kier alpha value is -0.760. The Morgan fingerprint density at radius 2 is 2.18 bits per heavy atom. The maximum Gasteiger partial charge on any atom is 0.337 e. The van der Waals surface area contributed by atoms with Crippen LogP contribution in [0, 0.1) is 3.57 Å². The molecule has 0 radical (unpaired) electrons. The van der Waals surface area contributed by atoms with Crippen molar-refractivity contribution >= 4 is 51.9 Å². The number of nitrogens with one attached hydrogen (secondary N) is 1. The molecule has 6 heteroatoms. The molecule has 1 aromatic rings. The van der Waals surface area contributed by atoms with E-state index in [0.29, 0.717) is 12.1 Å². The number of carbonyl (C=O) groups is 2. The summed E-state index contributed by atoms with van der Waals surface area (Å²) in [6.45, 7) is 0. The van der Waals surface area contributed by atoms with Crippen molar-refractivity contribution in [2.45, 2.75) is 6.42 Å². The average molecular weight is 365 g/mol. The molecule has 4 nitrogen and oxygen atoms in total. The van der Waals surface area contributed by atoms with Gasteiger partial charge >= 0.3 is 5.97 Å². The molecule has 0 spiro atoms. The van der Waals surface area contributed by atoms with Crippen molar-refractivity contribution in [2.24, 2.45) is 0 Å². The molecule has 17 heavy (non-hydrogen) atoms. The molecule has 1 aromatic carbocycles. The highest BCUT2D eigenvalue weighted by Gasteiger charge is 2.12. The van der Waals surface area contributed by atoms with Gasteiger partial charge in [0.05, 0.1) is 11.3 Å². The van der Waals surface area contributed by atoms with Crippen molar-refractivity contribution in [3.8, 4) is 0 Å². The van der Waals surface area contributed by atoms with Gasteiger partial charge in [0.2, 0.25) is 5.91 Å². The Morgan fingerprint density at radius 3 is 2.76 bits per heavy atom. The van der Waals surface area contributed by atoms with E-state index in [0.717, 1.165) is 9.32 Å². The van der Waals surface area contributed by atoms with Gasteiger partial charge in [0, 0.05) is 15.7 Å². The first-order chi connectivity index (χ1) is 8.04. The van der Waals surface area contributed by atoms with Crippen molar-refractivity contribution < 1.29 is 14.7 Å². The van der Waals surface area contributed by atoms with E-state index in [1.807, 2.05) is 28.8 Å². The molecular formula is C11H12INO3S. The summed E-state index contributed by atoms with van der Waals surface area (Å²) < 4.78 is 0.821. The lowest BCUT2D eigenvalue weighted by molar-refractivity contribution is -0.115. The fraction of sp³-hybridized carbons (Fsp3) is 0.273. The van der Waals surface area contributed by atoms with Crippen LogP contribution in [0.1, 0.15) is 16.8 Å². The number of hydrogen-bond donors (Lipinski definition) is 2. The zero-order valence-corrected chi connectivity index (χ0v) is 12.2. The van der Waals surface area contributed by atoms with Crippen molar-refractivity contribution in [3.05, 3.63) is 27.3 Å². The van der Waals surface area contributed by atoms with Gasteiger partial charge in [-0.3, -0.25) is 4.79 Å². The van der Waals surface area contributed by atoms with Crippen LogP contribution in [0.2, 0.25) is 0 Å². The normalized spacial score (nSPS) is 10.0. The Morgan fingerprint density at radius 1 is 1.47 bits per heavy atom. The van der Waals surface area contributed by atoms with Crippen LogP contribution in [0.4, 0.5) is 5.69 Å². The second kappa shape index (κ2) is 6.85. The number of halogens is 1. The molecule has 0 atom stereocenters. The van der Waals surface area contributed by atoms with Crippen LogP contribution < -0.4 is 5.32 Å². The number of hydrogen-bond acceptors (Lipinski definition) is 3. The molecular weight excluding hydrogens is 353 g/mol. The second-order valence-corrected chi connectivity index (χ2v) is 5.52. The third-order valence-electron chi connectivity index (χ3n) is 2.02. The smallest absolute Gasteiger partial charge is 0.337 e. The summed E-state index contributed by atoms with van der Waals surface area (Å²) in [6, 6.07) is 4.91. The first kappa shape index (κ1) is 14.3. The molecule has 0 saturated carbocycles. The van der Waals surface area contributed by atoms with E-state index in [-0.39, 0.29) is 11.5 Å². The summed E-state index contributed by atoms with van der Waals surface area (Å²) >= 11 is 3.61. The topological polar surface area (TPSA) is 66.4 Å². The molecule has 92 valence electrons. The van der Waals surface area contributed by atoms with Crippen LogP contribution in [0.25, 0.3) is 0 Å². The molecule has 0 aromatic heterocycles. The summed E-state index contributed by atoms with van der Waals surface area (Å²) in [5.74, 6) is -0.481. The summed E-state index contributed by atoms with van der Waals surface area (Å²) in [5, 5.41) is 11.6. The maximum atomic E-state index is 11.5. The Labute approximate surface area is 117 Å². The Kier molecular flexibility index (Phi) is 5.76. The third kappa shape index (κ3) is 4.55. The molecule has 0 aliphatic heterocycles. The predicted molar refractivity (Wildman–Crippen MR) is 77.7 cm³/mol. The highest BCUT2D eigenvalue weighted by atomic mass is 127. The van der Waals surface area contributed by atoms with Gasteiger partial charge in [-0.1, -0.05) is 0 Å². The van der Waals surface area contributed by atoms with Crippen molar-refractivity contribution in [2.75, 3.05) is 17.3 Å². The number of carboxylic acid groups (broad SMARTS) is 1. The summed E-state index contributed by atoms with van der Waals surface area (Å²) in [6.07, 6.45) is 2.30. The molecule has 0 aliphatic rings. The minimum Gasteiger partial charge on any atom is -0.478 e. The monoisotopic (exact) mass is 365 g/mol. The van der Waals surface area contributed by atoms with E-state index < -0.39 is 5.97 Å². The number of thioether (sulfide) groups is 1. The van der Waals surface area contributed by atoms with Gasteiger partial charge in [-0.05, 0) is 47.0 Å². The molecule has 0 fully saturated rings.